The molecule has 0 fully saturated rings. The first-order valence-electron chi connectivity index (χ1n) is 6.09. The van der Waals surface area contributed by atoms with Gasteiger partial charge in [0, 0.05) is 20.0 Å². The number of thioether (sulfide) groups is 1. The van der Waals surface area contributed by atoms with E-state index in [1.54, 1.807) is 26.4 Å². The molecule has 0 aliphatic heterocycles. The van der Waals surface area contributed by atoms with Crippen LogP contribution in [-0.4, -0.2) is 49.5 Å². The first-order chi connectivity index (χ1) is 9.17. The van der Waals surface area contributed by atoms with Gasteiger partial charge in [-0.2, -0.15) is 11.8 Å². The molecule has 1 aromatic carbocycles. The van der Waals surface area contributed by atoms with Gasteiger partial charge in [0.25, 0.3) is 0 Å². The van der Waals surface area contributed by atoms with E-state index in [0.717, 1.165) is 23.5 Å². The molecule has 0 saturated heterocycles. The number of aromatic carboxylic acids is 1. The first-order valence-corrected chi connectivity index (χ1v) is 7.24. The van der Waals surface area contributed by atoms with E-state index in [-0.39, 0.29) is 6.10 Å². The van der Waals surface area contributed by atoms with Gasteiger partial charge >= 0.3 is 5.97 Å². The fraction of sp³-hybridized carbons (Fsp3) is 0.500. The number of hydrogen-bond donors (Lipinski definition) is 1. The average molecular weight is 284 g/mol. The molecule has 1 rings (SSSR count). The number of hydrogen-bond acceptors (Lipinski definition) is 4. The third kappa shape index (κ3) is 6.09. The summed E-state index contributed by atoms with van der Waals surface area (Å²) in [6.45, 7) is 0.608. The van der Waals surface area contributed by atoms with Crippen LogP contribution in [0.15, 0.2) is 24.3 Å². The van der Waals surface area contributed by atoms with Crippen molar-refractivity contribution < 1.29 is 19.4 Å². The minimum Gasteiger partial charge on any atom is -0.478 e. The summed E-state index contributed by atoms with van der Waals surface area (Å²) in [7, 11) is 3.36. The summed E-state index contributed by atoms with van der Waals surface area (Å²) in [5.74, 6) is 0.997. The quantitative estimate of drug-likeness (QED) is 0.705. The predicted octanol–water partition coefficient (Wildman–Crippen LogP) is 2.32. The molecule has 0 bridgehead atoms. The minimum absolute atomic E-state index is 0.129. The van der Waals surface area contributed by atoms with Gasteiger partial charge in [-0.1, -0.05) is 12.1 Å². The van der Waals surface area contributed by atoms with Crippen molar-refractivity contribution in [3.8, 4) is 0 Å². The molecule has 106 valence electrons. The molecule has 0 aromatic heterocycles. The van der Waals surface area contributed by atoms with Crippen molar-refractivity contribution in [3.05, 3.63) is 35.4 Å². The highest BCUT2D eigenvalue weighted by Crippen LogP contribution is 2.11. The van der Waals surface area contributed by atoms with Crippen LogP contribution in [-0.2, 0) is 15.9 Å². The summed E-state index contributed by atoms with van der Waals surface area (Å²) in [5, 5.41) is 8.80. The number of rotatable bonds is 9. The highest BCUT2D eigenvalue weighted by Gasteiger charge is 2.06. The van der Waals surface area contributed by atoms with Crippen LogP contribution in [0.5, 0.6) is 0 Å². The number of carboxylic acids is 1. The molecule has 1 aromatic rings. The Morgan fingerprint density at radius 2 is 2.00 bits per heavy atom. The third-order valence-corrected chi connectivity index (χ3v) is 3.83. The van der Waals surface area contributed by atoms with Crippen LogP contribution in [0.4, 0.5) is 0 Å². The van der Waals surface area contributed by atoms with Gasteiger partial charge in [0.05, 0.1) is 18.3 Å². The summed E-state index contributed by atoms with van der Waals surface area (Å²) in [4.78, 5) is 10.7. The molecule has 0 radical (unpaired) electrons. The van der Waals surface area contributed by atoms with E-state index in [9.17, 15) is 4.79 Å². The topological polar surface area (TPSA) is 55.8 Å². The van der Waals surface area contributed by atoms with Crippen LogP contribution >= 0.6 is 11.8 Å². The zero-order valence-electron chi connectivity index (χ0n) is 11.3. The smallest absolute Gasteiger partial charge is 0.335 e. The van der Waals surface area contributed by atoms with E-state index in [0.29, 0.717) is 12.2 Å². The Labute approximate surface area is 118 Å². The number of benzene rings is 1. The molecule has 0 aliphatic rings. The van der Waals surface area contributed by atoms with Crippen molar-refractivity contribution in [2.75, 3.05) is 32.3 Å². The van der Waals surface area contributed by atoms with E-state index >= 15 is 0 Å². The van der Waals surface area contributed by atoms with Crippen molar-refractivity contribution in [2.45, 2.75) is 12.5 Å². The molecule has 1 unspecified atom stereocenters. The Morgan fingerprint density at radius 1 is 1.32 bits per heavy atom. The molecular formula is C14H20O4S. The number of carboxylic acid groups (broad SMARTS) is 1. The van der Waals surface area contributed by atoms with Gasteiger partial charge in [0.2, 0.25) is 0 Å². The van der Waals surface area contributed by atoms with E-state index < -0.39 is 5.97 Å². The summed E-state index contributed by atoms with van der Waals surface area (Å²) in [6, 6.07) is 7.02. The standard InChI is InChI=1S/C14H20O4S/c1-17-9-13(18-2)10-19-8-7-11-3-5-12(6-4-11)14(15)16/h3-6,13H,7-10H2,1-2H3,(H,15,16). The first kappa shape index (κ1) is 16.0. The molecule has 1 N–H and O–H groups in total. The van der Waals surface area contributed by atoms with Crippen LogP contribution in [0.2, 0.25) is 0 Å². The SMILES string of the molecule is COCC(CSCCc1ccc(C(=O)O)cc1)OC. The molecule has 1 atom stereocenters. The minimum atomic E-state index is -0.886. The fourth-order valence-corrected chi connectivity index (χ4v) is 2.63. The summed E-state index contributed by atoms with van der Waals surface area (Å²) >= 11 is 1.81. The van der Waals surface area contributed by atoms with Crippen LogP contribution in [0.1, 0.15) is 15.9 Å². The highest BCUT2D eigenvalue weighted by atomic mass is 32.2. The second-order valence-electron chi connectivity index (χ2n) is 4.14. The number of methoxy groups -OCH3 is 2. The van der Waals surface area contributed by atoms with Crippen molar-refractivity contribution >= 4 is 17.7 Å². The van der Waals surface area contributed by atoms with Gasteiger partial charge in [0.15, 0.2) is 0 Å². The predicted molar refractivity (Wildman–Crippen MR) is 77.1 cm³/mol. The largest absolute Gasteiger partial charge is 0.478 e. The number of carbonyl (C=O) groups is 1. The highest BCUT2D eigenvalue weighted by molar-refractivity contribution is 7.99. The van der Waals surface area contributed by atoms with Gasteiger partial charge in [-0.3, -0.25) is 0 Å². The molecular weight excluding hydrogens is 264 g/mol. The molecule has 4 nitrogen and oxygen atoms in total. The van der Waals surface area contributed by atoms with Gasteiger partial charge in [-0.05, 0) is 29.9 Å². The Balaban J connectivity index is 2.27. The van der Waals surface area contributed by atoms with E-state index in [2.05, 4.69) is 0 Å². The number of ether oxygens (including phenoxy) is 2. The molecule has 0 heterocycles. The van der Waals surface area contributed by atoms with E-state index in [1.165, 1.54) is 0 Å². The van der Waals surface area contributed by atoms with Crippen LogP contribution in [0, 0.1) is 0 Å². The van der Waals surface area contributed by atoms with Crippen LogP contribution in [0.25, 0.3) is 0 Å². The van der Waals surface area contributed by atoms with Crippen LogP contribution < -0.4 is 0 Å². The lowest BCUT2D eigenvalue weighted by Crippen LogP contribution is -2.20. The average Bonchev–Trinajstić information content (AvgIpc) is 2.42. The lowest BCUT2D eigenvalue weighted by Gasteiger charge is -2.13. The summed E-state index contributed by atoms with van der Waals surface area (Å²) in [5.41, 5.74) is 1.48. The molecule has 0 amide bonds. The molecule has 19 heavy (non-hydrogen) atoms. The van der Waals surface area contributed by atoms with Crippen molar-refractivity contribution in [2.24, 2.45) is 0 Å². The van der Waals surface area contributed by atoms with Gasteiger partial charge < -0.3 is 14.6 Å². The van der Waals surface area contributed by atoms with Gasteiger partial charge in [0.1, 0.15) is 0 Å². The molecule has 5 heteroatoms. The zero-order chi connectivity index (χ0) is 14.1. The Hall–Kier alpha value is -1.04. The van der Waals surface area contributed by atoms with Crippen molar-refractivity contribution in [1.29, 1.82) is 0 Å². The lowest BCUT2D eigenvalue weighted by molar-refractivity contribution is 0.0430. The second-order valence-corrected chi connectivity index (χ2v) is 5.29. The molecule has 0 saturated carbocycles. The fourth-order valence-electron chi connectivity index (χ4n) is 1.59. The molecule has 0 aliphatic carbocycles. The Kier molecular flexibility index (Phi) is 7.55. The maximum Gasteiger partial charge on any atom is 0.335 e. The molecule has 0 spiro atoms. The van der Waals surface area contributed by atoms with Crippen LogP contribution in [0.3, 0.4) is 0 Å². The maximum absolute atomic E-state index is 10.7. The van der Waals surface area contributed by atoms with E-state index in [4.69, 9.17) is 14.6 Å². The summed E-state index contributed by atoms with van der Waals surface area (Å²) < 4.78 is 10.3. The lowest BCUT2D eigenvalue weighted by atomic mass is 10.1. The van der Waals surface area contributed by atoms with Gasteiger partial charge in [-0.25, -0.2) is 4.79 Å². The zero-order valence-corrected chi connectivity index (χ0v) is 12.1. The van der Waals surface area contributed by atoms with Crippen molar-refractivity contribution in [1.82, 2.24) is 0 Å². The van der Waals surface area contributed by atoms with Crippen molar-refractivity contribution in [3.63, 3.8) is 0 Å². The third-order valence-electron chi connectivity index (χ3n) is 2.73. The monoisotopic (exact) mass is 284 g/mol. The van der Waals surface area contributed by atoms with E-state index in [1.807, 2.05) is 23.9 Å². The normalized spacial score (nSPS) is 12.3. The second kappa shape index (κ2) is 8.96. The Morgan fingerprint density at radius 3 is 2.53 bits per heavy atom. The maximum atomic E-state index is 10.7. The Bertz CT molecular complexity index is 378. The number of aryl methyl sites for hydroxylation is 1. The summed E-state index contributed by atoms with van der Waals surface area (Å²) in [6.07, 6.45) is 1.05. The van der Waals surface area contributed by atoms with Gasteiger partial charge in [-0.15, -0.1) is 0 Å².